The lowest BCUT2D eigenvalue weighted by Gasteiger charge is -2.07. The van der Waals surface area contributed by atoms with Crippen molar-refractivity contribution in [2.24, 2.45) is 0 Å². The average Bonchev–Trinajstić information content (AvgIpc) is 2.85. The van der Waals surface area contributed by atoms with Gasteiger partial charge in [-0.05, 0) is 17.9 Å². The first-order chi connectivity index (χ1) is 8.83. The molecule has 5 nitrogen and oxygen atoms in total. The van der Waals surface area contributed by atoms with Gasteiger partial charge in [-0.1, -0.05) is 30.8 Å². The highest BCUT2D eigenvalue weighted by Gasteiger charge is 2.08. The van der Waals surface area contributed by atoms with Gasteiger partial charge >= 0.3 is 0 Å². The Morgan fingerprint density at radius 3 is 2.72 bits per heavy atom. The van der Waals surface area contributed by atoms with Crippen molar-refractivity contribution in [3.8, 4) is 11.5 Å². The van der Waals surface area contributed by atoms with E-state index in [1.54, 1.807) is 7.11 Å². The molecule has 0 aliphatic carbocycles. The summed E-state index contributed by atoms with van der Waals surface area (Å²) in [5.74, 6) is 2.69. The molecule has 1 aromatic heterocycles. The summed E-state index contributed by atoms with van der Waals surface area (Å²) in [6.45, 7) is 2.26. The van der Waals surface area contributed by atoms with E-state index in [1.807, 2.05) is 31.2 Å². The van der Waals surface area contributed by atoms with Crippen molar-refractivity contribution in [3.63, 3.8) is 0 Å². The molecule has 0 saturated heterocycles. The summed E-state index contributed by atoms with van der Waals surface area (Å²) in [5, 5.41) is 8.36. The Labute approximate surface area is 110 Å². The number of methoxy groups -OCH3 is 1. The molecule has 96 valence electrons. The molecule has 0 unspecified atom stereocenters. The van der Waals surface area contributed by atoms with Crippen LogP contribution in [-0.4, -0.2) is 23.1 Å². The maximum atomic E-state index is 5.58. The molecule has 0 amide bonds. The summed E-state index contributed by atoms with van der Waals surface area (Å²) in [4.78, 5) is 0. The van der Waals surface area contributed by atoms with Gasteiger partial charge in [0.1, 0.15) is 0 Å². The number of hydrogen-bond acceptors (Lipinski definition) is 6. The Morgan fingerprint density at radius 1 is 1.22 bits per heavy atom. The van der Waals surface area contributed by atoms with E-state index in [0.29, 0.717) is 22.6 Å². The van der Waals surface area contributed by atoms with Crippen LogP contribution < -0.4 is 9.47 Å². The topological polar surface area (TPSA) is 57.4 Å². The van der Waals surface area contributed by atoms with Gasteiger partial charge in [0.25, 0.3) is 11.1 Å². The zero-order valence-corrected chi connectivity index (χ0v) is 11.1. The molecule has 2 aromatic rings. The Morgan fingerprint density at radius 2 is 2.00 bits per heavy atom. The molecule has 0 bridgehead atoms. The standard InChI is InChI=1S/C12H14N2O3S/c1-3-18-12-14-13-11(17-12)8-16-10-7-5-4-6-9(10)15-2/h4-7H,3,8H2,1-2H3. The Kier molecular flexibility index (Phi) is 4.46. The molecule has 2 rings (SSSR count). The normalized spacial score (nSPS) is 10.3. The summed E-state index contributed by atoms with van der Waals surface area (Å²) in [5.41, 5.74) is 0. The number of aromatic nitrogens is 2. The molecule has 0 saturated carbocycles. The van der Waals surface area contributed by atoms with E-state index in [9.17, 15) is 0 Å². The van der Waals surface area contributed by atoms with Crippen LogP contribution in [0.15, 0.2) is 33.9 Å². The number of ether oxygens (including phenoxy) is 2. The quantitative estimate of drug-likeness (QED) is 0.749. The van der Waals surface area contributed by atoms with Gasteiger partial charge in [0.15, 0.2) is 18.1 Å². The van der Waals surface area contributed by atoms with E-state index >= 15 is 0 Å². The second kappa shape index (κ2) is 6.30. The van der Waals surface area contributed by atoms with Crippen LogP contribution in [0.2, 0.25) is 0 Å². The van der Waals surface area contributed by atoms with Gasteiger partial charge < -0.3 is 13.9 Å². The molecule has 0 aliphatic heterocycles. The lowest BCUT2D eigenvalue weighted by Crippen LogP contribution is -1.97. The van der Waals surface area contributed by atoms with Gasteiger partial charge in [0, 0.05) is 0 Å². The predicted octanol–water partition coefficient (Wildman–Crippen LogP) is 2.77. The van der Waals surface area contributed by atoms with E-state index in [-0.39, 0.29) is 6.61 Å². The smallest absolute Gasteiger partial charge is 0.276 e. The van der Waals surface area contributed by atoms with Crippen molar-refractivity contribution in [1.82, 2.24) is 10.2 Å². The lowest BCUT2D eigenvalue weighted by molar-refractivity contribution is 0.241. The fourth-order valence-corrected chi connectivity index (χ4v) is 1.86. The summed E-state index contributed by atoms with van der Waals surface area (Å²) < 4.78 is 16.2. The number of hydrogen-bond donors (Lipinski definition) is 0. The van der Waals surface area contributed by atoms with Crippen LogP contribution in [0.4, 0.5) is 0 Å². The molecule has 6 heteroatoms. The zero-order chi connectivity index (χ0) is 12.8. The van der Waals surface area contributed by atoms with E-state index in [0.717, 1.165) is 5.75 Å². The Balaban J connectivity index is 1.97. The highest BCUT2D eigenvalue weighted by molar-refractivity contribution is 7.99. The first kappa shape index (κ1) is 12.8. The molecular formula is C12H14N2O3S. The maximum absolute atomic E-state index is 5.58. The van der Waals surface area contributed by atoms with Crippen molar-refractivity contribution >= 4 is 11.8 Å². The van der Waals surface area contributed by atoms with Gasteiger partial charge in [-0.25, -0.2) is 0 Å². The summed E-state index contributed by atoms with van der Waals surface area (Å²) in [6.07, 6.45) is 0. The van der Waals surface area contributed by atoms with Crippen LogP contribution in [0.1, 0.15) is 12.8 Å². The predicted molar refractivity (Wildman–Crippen MR) is 68.0 cm³/mol. The van der Waals surface area contributed by atoms with Gasteiger partial charge in [-0.15, -0.1) is 10.2 Å². The third-order valence-electron chi connectivity index (χ3n) is 2.14. The van der Waals surface area contributed by atoms with Crippen molar-refractivity contribution in [1.29, 1.82) is 0 Å². The molecule has 18 heavy (non-hydrogen) atoms. The summed E-state index contributed by atoms with van der Waals surface area (Å²) in [6, 6.07) is 7.43. The zero-order valence-electron chi connectivity index (χ0n) is 10.3. The minimum absolute atomic E-state index is 0.234. The molecule has 1 aromatic carbocycles. The SMILES string of the molecule is CCSc1nnc(COc2ccccc2OC)o1. The van der Waals surface area contributed by atoms with Crippen LogP contribution in [0, 0.1) is 0 Å². The minimum atomic E-state index is 0.234. The second-order valence-corrected chi connectivity index (χ2v) is 4.55. The highest BCUT2D eigenvalue weighted by Crippen LogP contribution is 2.26. The van der Waals surface area contributed by atoms with Gasteiger partial charge in [0.05, 0.1) is 7.11 Å². The van der Waals surface area contributed by atoms with Crippen LogP contribution in [-0.2, 0) is 6.61 Å². The maximum Gasteiger partial charge on any atom is 0.276 e. The Bertz CT molecular complexity index is 502. The summed E-state index contributed by atoms with van der Waals surface area (Å²) in [7, 11) is 1.60. The van der Waals surface area contributed by atoms with Crippen molar-refractivity contribution in [3.05, 3.63) is 30.2 Å². The number of para-hydroxylation sites is 2. The van der Waals surface area contributed by atoms with Gasteiger partial charge in [-0.2, -0.15) is 0 Å². The number of thioether (sulfide) groups is 1. The molecular weight excluding hydrogens is 252 g/mol. The molecule has 0 N–H and O–H groups in total. The van der Waals surface area contributed by atoms with Crippen molar-refractivity contribution in [2.45, 2.75) is 18.8 Å². The van der Waals surface area contributed by atoms with E-state index < -0.39 is 0 Å². The second-order valence-electron chi connectivity index (χ2n) is 3.33. The number of rotatable bonds is 6. The van der Waals surface area contributed by atoms with Crippen molar-refractivity contribution in [2.75, 3.05) is 12.9 Å². The monoisotopic (exact) mass is 266 g/mol. The van der Waals surface area contributed by atoms with Crippen molar-refractivity contribution < 1.29 is 13.9 Å². The largest absolute Gasteiger partial charge is 0.493 e. The first-order valence-corrected chi connectivity index (χ1v) is 6.53. The average molecular weight is 266 g/mol. The summed E-state index contributed by atoms with van der Waals surface area (Å²) >= 11 is 1.50. The third kappa shape index (κ3) is 3.16. The number of benzene rings is 1. The van der Waals surface area contributed by atoms with Gasteiger partial charge in [0.2, 0.25) is 0 Å². The van der Waals surface area contributed by atoms with E-state index in [4.69, 9.17) is 13.9 Å². The van der Waals surface area contributed by atoms with Crippen LogP contribution in [0.5, 0.6) is 11.5 Å². The van der Waals surface area contributed by atoms with Crippen LogP contribution in [0.3, 0.4) is 0 Å². The van der Waals surface area contributed by atoms with Crippen LogP contribution in [0.25, 0.3) is 0 Å². The fourth-order valence-electron chi connectivity index (χ4n) is 1.36. The van der Waals surface area contributed by atoms with Crippen LogP contribution >= 0.6 is 11.8 Å². The first-order valence-electron chi connectivity index (χ1n) is 5.54. The molecule has 0 aliphatic rings. The molecule has 0 fully saturated rings. The lowest BCUT2D eigenvalue weighted by atomic mass is 10.3. The minimum Gasteiger partial charge on any atom is -0.493 e. The van der Waals surface area contributed by atoms with Gasteiger partial charge in [-0.3, -0.25) is 0 Å². The number of nitrogens with zero attached hydrogens (tertiary/aromatic N) is 2. The van der Waals surface area contributed by atoms with E-state index in [1.165, 1.54) is 11.8 Å². The Hall–Kier alpha value is -1.69. The van der Waals surface area contributed by atoms with E-state index in [2.05, 4.69) is 10.2 Å². The molecule has 0 radical (unpaired) electrons. The molecule has 0 atom stereocenters. The molecule has 1 heterocycles. The molecule has 0 spiro atoms. The fraction of sp³-hybridized carbons (Fsp3) is 0.333. The highest BCUT2D eigenvalue weighted by atomic mass is 32.2. The third-order valence-corrected chi connectivity index (χ3v) is 2.84.